The highest BCUT2D eigenvalue weighted by atomic mass is 16.2. The summed E-state index contributed by atoms with van der Waals surface area (Å²) in [5.74, 6) is 0.723. The first-order valence-corrected chi connectivity index (χ1v) is 7.46. The summed E-state index contributed by atoms with van der Waals surface area (Å²) in [4.78, 5) is 16.1. The standard InChI is InChI=1S/C18H17N5O/c24-18(21-15-9-5-2-6-10-15)23-22-16-11-12-17(19-13-16)20-14-7-3-1-4-8-14/h1-13,22H,(H,19,20)(H2,21,23,24). The monoisotopic (exact) mass is 319 g/mol. The van der Waals surface area contributed by atoms with Crippen LogP contribution in [0.1, 0.15) is 0 Å². The van der Waals surface area contributed by atoms with Gasteiger partial charge in [-0.2, -0.15) is 0 Å². The summed E-state index contributed by atoms with van der Waals surface area (Å²) < 4.78 is 0. The number of amides is 2. The highest BCUT2D eigenvalue weighted by Gasteiger charge is 2.01. The number of pyridine rings is 1. The first-order valence-electron chi connectivity index (χ1n) is 7.46. The Hall–Kier alpha value is -3.54. The highest BCUT2D eigenvalue weighted by molar-refractivity contribution is 5.89. The number of anilines is 4. The first-order chi connectivity index (χ1) is 11.8. The number of nitrogens with zero attached hydrogens (tertiary/aromatic N) is 1. The molecule has 120 valence electrons. The summed E-state index contributed by atoms with van der Waals surface area (Å²) in [6.07, 6.45) is 1.63. The smallest absolute Gasteiger partial charge is 0.337 e. The normalized spacial score (nSPS) is 9.83. The van der Waals surface area contributed by atoms with Crippen molar-refractivity contribution in [3.63, 3.8) is 0 Å². The molecular weight excluding hydrogens is 302 g/mol. The van der Waals surface area contributed by atoms with Gasteiger partial charge in [-0.1, -0.05) is 36.4 Å². The quantitative estimate of drug-likeness (QED) is 0.537. The lowest BCUT2D eigenvalue weighted by atomic mass is 10.3. The number of rotatable bonds is 5. The summed E-state index contributed by atoms with van der Waals surface area (Å²) in [6.45, 7) is 0. The van der Waals surface area contributed by atoms with E-state index in [0.717, 1.165) is 17.2 Å². The van der Waals surface area contributed by atoms with E-state index in [4.69, 9.17) is 0 Å². The molecule has 0 fully saturated rings. The second kappa shape index (κ2) is 7.64. The van der Waals surface area contributed by atoms with Crippen LogP contribution in [-0.4, -0.2) is 11.0 Å². The fraction of sp³-hybridized carbons (Fsp3) is 0. The minimum absolute atomic E-state index is 0.354. The van der Waals surface area contributed by atoms with Crippen molar-refractivity contribution in [2.24, 2.45) is 0 Å². The third-order valence-corrected chi connectivity index (χ3v) is 3.16. The molecule has 0 saturated heterocycles. The number of benzene rings is 2. The Labute approximate surface area is 139 Å². The Morgan fingerprint density at radius 2 is 1.42 bits per heavy atom. The van der Waals surface area contributed by atoms with Gasteiger partial charge in [-0.15, -0.1) is 0 Å². The van der Waals surface area contributed by atoms with E-state index in [1.165, 1.54) is 0 Å². The van der Waals surface area contributed by atoms with E-state index < -0.39 is 0 Å². The number of nitrogens with one attached hydrogen (secondary N) is 4. The predicted octanol–water partition coefficient (Wildman–Crippen LogP) is 3.97. The lowest BCUT2D eigenvalue weighted by molar-refractivity contribution is 0.254. The zero-order valence-electron chi connectivity index (χ0n) is 12.9. The van der Waals surface area contributed by atoms with Crippen LogP contribution in [0.5, 0.6) is 0 Å². The van der Waals surface area contributed by atoms with Gasteiger partial charge in [0.1, 0.15) is 5.82 Å². The Balaban J connectivity index is 1.50. The van der Waals surface area contributed by atoms with Crippen LogP contribution in [0.3, 0.4) is 0 Å². The molecule has 6 nitrogen and oxygen atoms in total. The zero-order valence-corrected chi connectivity index (χ0v) is 12.9. The largest absolute Gasteiger partial charge is 0.340 e. The summed E-state index contributed by atoms with van der Waals surface area (Å²) in [5, 5.41) is 5.90. The number of para-hydroxylation sites is 2. The van der Waals surface area contributed by atoms with Crippen molar-refractivity contribution >= 4 is 28.9 Å². The fourth-order valence-corrected chi connectivity index (χ4v) is 2.02. The van der Waals surface area contributed by atoms with Crippen LogP contribution in [-0.2, 0) is 0 Å². The molecule has 4 N–H and O–H groups in total. The van der Waals surface area contributed by atoms with Crippen molar-refractivity contribution in [2.45, 2.75) is 0 Å². The van der Waals surface area contributed by atoms with Gasteiger partial charge in [0.25, 0.3) is 0 Å². The Bertz CT molecular complexity index is 776. The second-order valence-electron chi connectivity index (χ2n) is 4.99. The van der Waals surface area contributed by atoms with Gasteiger partial charge in [0, 0.05) is 11.4 Å². The van der Waals surface area contributed by atoms with Crippen molar-refractivity contribution < 1.29 is 4.79 Å². The number of aromatic nitrogens is 1. The summed E-state index contributed by atoms with van der Waals surface area (Å²) in [5.41, 5.74) is 7.72. The third-order valence-electron chi connectivity index (χ3n) is 3.16. The molecule has 2 amide bonds. The molecule has 0 bridgehead atoms. The van der Waals surface area contributed by atoms with Crippen molar-refractivity contribution in [1.82, 2.24) is 10.4 Å². The maximum atomic E-state index is 11.8. The van der Waals surface area contributed by atoms with Crippen molar-refractivity contribution in [1.29, 1.82) is 0 Å². The number of urea groups is 1. The van der Waals surface area contributed by atoms with E-state index in [-0.39, 0.29) is 6.03 Å². The highest BCUT2D eigenvalue weighted by Crippen LogP contribution is 2.15. The van der Waals surface area contributed by atoms with Crippen LogP contribution in [0.2, 0.25) is 0 Å². The van der Waals surface area contributed by atoms with Crippen LogP contribution < -0.4 is 21.5 Å². The molecule has 0 aliphatic rings. The Morgan fingerprint density at radius 1 is 0.750 bits per heavy atom. The topological polar surface area (TPSA) is 78.1 Å². The van der Waals surface area contributed by atoms with Gasteiger partial charge in [-0.3, -0.25) is 10.9 Å². The molecule has 1 aromatic heterocycles. The van der Waals surface area contributed by atoms with E-state index in [2.05, 4.69) is 26.5 Å². The maximum absolute atomic E-state index is 11.8. The average Bonchev–Trinajstić information content (AvgIpc) is 2.63. The van der Waals surface area contributed by atoms with Gasteiger partial charge in [-0.25, -0.2) is 9.78 Å². The SMILES string of the molecule is O=C(NNc1ccc(Nc2ccccc2)nc1)Nc1ccccc1. The van der Waals surface area contributed by atoms with Crippen LogP contribution in [0.15, 0.2) is 79.0 Å². The molecule has 3 aromatic rings. The molecule has 0 spiro atoms. The predicted molar refractivity (Wildman–Crippen MR) is 96.2 cm³/mol. The van der Waals surface area contributed by atoms with Gasteiger partial charge in [0.15, 0.2) is 0 Å². The lowest BCUT2D eigenvalue weighted by Gasteiger charge is -2.10. The van der Waals surface area contributed by atoms with E-state index in [9.17, 15) is 4.79 Å². The minimum atomic E-state index is -0.354. The third kappa shape index (κ3) is 4.48. The molecule has 0 aliphatic heterocycles. The molecule has 2 aromatic carbocycles. The number of hydrogen-bond donors (Lipinski definition) is 4. The molecule has 6 heteroatoms. The lowest BCUT2D eigenvalue weighted by Crippen LogP contribution is -2.33. The second-order valence-corrected chi connectivity index (χ2v) is 4.99. The molecule has 1 heterocycles. The van der Waals surface area contributed by atoms with E-state index in [1.807, 2.05) is 72.8 Å². The number of carbonyl (C=O) groups excluding carboxylic acids is 1. The van der Waals surface area contributed by atoms with Crippen molar-refractivity contribution in [2.75, 3.05) is 16.1 Å². The zero-order chi connectivity index (χ0) is 16.6. The van der Waals surface area contributed by atoms with Gasteiger partial charge in [0.2, 0.25) is 0 Å². The van der Waals surface area contributed by atoms with Gasteiger partial charge in [0.05, 0.1) is 11.9 Å². The Kier molecular flexibility index (Phi) is 4.89. The molecule has 24 heavy (non-hydrogen) atoms. The van der Waals surface area contributed by atoms with E-state index >= 15 is 0 Å². The Morgan fingerprint density at radius 3 is 2.04 bits per heavy atom. The summed E-state index contributed by atoms with van der Waals surface area (Å²) in [6, 6.07) is 22.3. The molecule has 0 unspecified atom stereocenters. The summed E-state index contributed by atoms with van der Waals surface area (Å²) >= 11 is 0. The molecule has 0 aliphatic carbocycles. The number of hydrogen-bond acceptors (Lipinski definition) is 4. The van der Waals surface area contributed by atoms with Gasteiger partial charge < -0.3 is 10.6 Å². The van der Waals surface area contributed by atoms with Crippen LogP contribution in [0, 0.1) is 0 Å². The van der Waals surface area contributed by atoms with Crippen molar-refractivity contribution in [3.05, 3.63) is 79.0 Å². The molecule has 0 atom stereocenters. The van der Waals surface area contributed by atoms with E-state index in [0.29, 0.717) is 5.69 Å². The van der Waals surface area contributed by atoms with Crippen LogP contribution in [0.4, 0.5) is 27.7 Å². The number of carbonyl (C=O) groups is 1. The fourth-order valence-electron chi connectivity index (χ4n) is 2.02. The van der Waals surface area contributed by atoms with Crippen LogP contribution in [0.25, 0.3) is 0 Å². The van der Waals surface area contributed by atoms with Crippen LogP contribution >= 0.6 is 0 Å². The first kappa shape index (κ1) is 15.4. The minimum Gasteiger partial charge on any atom is -0.340 e. The molecular formula is C18H17N5O. The molecule has 0 radical (unpaired) electrons. The van der Waals surface area contributed by atoms with Gasteiger partial charge >= 0.3 is 6.03 Å². The van der Waals surface area contributed by atoms with E-state index in [1.54, 1.807) is 6.20 Å². The summed E-state index contributed by atoms with van der Waals surface area (Å²) in [7, 11) is 0. The van der Waals surface area contributed by atoms with Crippen molar-refractivity contribution in [3.8, 4) is 0 Å². The average molecular weight is 319 g/mol. The molecule has 0 saturated carbocycles. The maximum Gasteiger partial charge on any atom is 0.337 e. The molecule has 3 rings (SSSR count). The van der Waals surface area contributed by atoms with Gasteiger partial charge in [-0.05, 0) is 36.4 Å². The number of hydrazine groups is 1.